The van der Waals surface area contributed by atoms with Crippen LogP contribution in [0, 0.1) is 0 Å². The first-order valence-corrected chi connectivity index (χ1v) is 5.88. The van der Waals surface area contributed by atoms with E-state index >= 15 is 0 Å². The van der Waals surface area contributed by atoms with Gasteiger partial charge in [-0.1, -0.05) is 53.5 Å². The minimum absolute atomic E-state index is 0.0411. The zero-order valence-electron chi connectivity index (χ0n) is 8.66. The van der Waals surface area contributed by atoms with Crippen molar-refractivity contribution < 1.29 is 5.11 Å². The van der Waals surface area contributed by atoms with Gasteiger partial charge in [0, 0.05) is 16.0 Å². The molecule has 0 aliphatic heterocycles. The van der Waals surface area contributed by atoms with Crippen molar-refractivity contribution in [2.45, 2.75) is 18.9 Å². The molecule has 1 nitrogen and oxygen atoms in total. The van der Waals surface area contributed by atoms with Crippen LogP contribution in [0.1, 0.15) is 23.5 Å². The second kappa shape index (κ2) is 5.05. The van der Waals surface area contributed by atoms with Crippen LogP contribution in [0.3, 0.4) is 0 Å². The lowest BCUT2D eigenvalue weighted by Crippen LogP contribution is -2.03. The first kappa shape index (κ1) is 11.7. The van der Waals surface area contributed by atoms with Crippen molar-refractivity contribution in [3.05, 3.63) is 57.6 Å². The number of halogens is 2. The van der Waals surface area contributed by atoms with Crippen LogP contribution in [0.25, 0.3) is 0 Å². The van der Waals surface area contributed by atoms with Crippen molar-refractivity contribution in [2.24, 2.45) is 0 Å². The zero-order valence-corrected chi connectivity index (χ0v) is 10.2. The molecule has 0 saturated carbocycles. The minimum atomic E-state index is 0.0411. The van der Waals surface area contributed by atoms with E-state index in [0.29, 0.717) is 5.03 Å². The average Bonchev–Trinajstić information content (AvgIpc) is 2.27. The molecule has 16 heavy (non-hydrogen) atoms. The van der Waals surface area contributed by atoms with E-state index in [2.05, 4.69) is 0 Å². The van der Waals surface area contributed by atoms with E-state index in [4.69, 9.17) is 23.2 Å². The Morgan fingerprint density at radius 3 is 2.69 bits per heavy atom. The summed E-state index contributed by atoms with van der Waals surface area (Å²) in [7, 11) is 0. The van der Waals surface area contributed by atoms with Crippen LogP contribution in [0.5, 0.6) is 0 Å². The summed E-state index contributed by atoms with van der Waals surface area (Å²) in [6.45, 7) is 0.0411. The van der Waals surface area contributed by atoms with Gasteiger partial charge in [-0.2, -0.15) is 0 Å². The maximum Gasteiger partial charge on any atom is 0.0684 e. The van der Waals surface area contributed by atoms with Gasteiger partial charge in [-0.3, -0.25) is 0 Å². The van der Waals surface area contributed by atoms with Crippen LogP contribution in [0.15, 0.2) is 46.5 Å². The fraction of sp³-hybridized carbons (Fsp3) is 0.231. The third-order valence-electron chi connectivity index (χ3n) is 2.69. The van der Waals surface area contributed by atoms with Gasteiger partial charge in [-0.25, -0.2) is 0 Å². The van der Waals surface area contributed by atoms with Crippen LogP contribution in [0.4, 0.5) is 0 Å². The van der Waals surface area contributed by atoms with Crippen molar-refractivity contribution in [2.75, 3.05) is 0 Å². The Bertz CT molecular complexity index is 449. The average molecular weight is 255 g/mol. The first-order chi connectivity index (χ1) is 7.70. The van der Waals surface area contributed by atoms with Gasteiger partial charge in [-0.05, 0) is 23.6 Å². The highest BCUT2D eigenvalue weighted by Gasteiger charge is 2.17. The molecule has 0 bridgehead atoms. The van der Waals surface area contributed by atoms with Gasteiger partial charge in [0.05, 0.1) is 6.61 Å². The molecule has 0 heterocycles. The Morgan fingerprint density at radius 1 is 1.25 bits per heavy atom. The predicted octanol–water partition coefficient (Wildman–Crippen LogP) is 3.91. The maximum absolute atomic E-state index is 9.28. The summed E-state index contributed by atoms with van der Waals surface area (Å²) in [5.74, 6) is 0.161. The smallest absolute Gasteiger partial charge is 0.0684 e. The molecule has 0 saturated heterocycles. The summed E-state index contributed by atoms with van der Waals surface area (Å²) < 4.78 is 0. The molecular weight excluding hydrogens is 243 g/mol. The highest BCUT2D eigenvalue weighted by molar-refractivity contribution is 6.35. The summed E-state index contributed by atoms with van der Waals surface area (Å²) in [6.07, 6.45) is 4.48. The van der Waals surface area contributed by atoms with E-state index in [1.165, 1.54) is 0 Å². The topological polar surface area (TPSA) is 20.2 Å². The monoisotopic (exact) mass is 254 g/mol. The molecule has 0 amide bonds. The Labute approximate surface area is 105 Å². The lowest BCUT2D eigenvalue weighted by atomic mass is 9.89. The summed E-state index contributed by atoms with van der Waals surface area (Å²) in [6, 6.07) is 7.80. The Morgan fingerprint density at radius 2 is 2.00 bits per heavy atom. The number of aliphatic hydroxyl groups excluding tert-OH is 1. The largest absolute Gasteiger partial charge is 0.392 e. The zero-order chi connectivity index (χ0) is 11.5. The molecule has 1 aromatic rings. The molecule has 84 valence electrons. The lowest BCUT2D eigenvalue weighted by molar-refractivity contribution is 0.280. The van der Waals surface area contributed by atoms with Gasteiger partial charge >= 0.3 is 0 Å². The fourth-order valence-corrected chi connectivity index (χ4v) is 2.58. The molecule has 0 aromatic heterocycles. The van der Waals surface area contributed by atoms with Crippen molar-refractivity contribution >= 4 is 23.2 Å². The summed E-state index contributed by atoms with van der Waals surface area (Å²) in [4.78, 5) is 0. The standard InChI is InChI=1S/C13H12Cl2O/c14-11-5-10(6-12(15)7-11)13-4-2-1-3-9(13)8-16/h1-5,7,10,16H,6,8H2. The third-order valence-corrected chi connectivity index (χ3v) is 3.19. The molecule has 0 fully saturated rings. The van der Waals surface area contributed by atoms with Crippen molar-refractivity contribution in [1.29, 1.82) is 0 Å². The first-order valence-electron chi connectivity index (χ1n) is 5.12. The van der Waals surface area contributed by atoms with E-state index in [0.717, 1.165) is 22.6 Å². The second-order valence-corrected chi connectivity index (χ2v) is 4.73. The number of rotatable bonds is 2. The Hall–Kier alpha value is -0.760. The highest BCUT2D eigenvalue weighted by atomic mass is 35.5. The van der Waals surface area contributed by atoms with E-state index in [1.54, 1.807) is 6.08 Å². The van der Waals surface area contributed by atoms with Crippen LogP contribution in [-0.2, 0) is 6.61 Å². The van der Waals surface area contributed by atoms with Crippen LogP contribution >= 0.6 is 23.2 Å². The Balaban J connectivity index is 2.35. The van der Waals surface area contributed by atoms with Crippen molar-refractivity contribution in [3.8, 4) is 0 Å². The third kappa shape index (κ3) is 2.49. The number of allylic oxidation sites excluding steroid dienone is 4. The fourth-order valence-electron chi connectivity index (χ4n) is 1.96. The molecule has 0 spiro atoms. The molecule has 3 heteroatoms. The number of hydrogen-bond acceptors (Lipinski definition) is 1. The van der Waals surface area contributed by atoms with E-state index in [1.807, 2.05) is 30.3 Å². The molecular formula is C13H12Cl2O. The quantitative estimate of drug-likeness (QED) is 0.849. The summed E-state index contributed by atoms with van der Waals surface area (Å²) in [5, 5.41) is 10.7. The van der Waals surface area contributed by atoms with Gasteiger partial charge in [-0.15, -0.1) is 0 Å². The molecule has 2 rings (SSSR count). The van der Waals surface area contributed by atoms with Crippen molar-refractivity contribution in [1.82, 2.24) is 0 Å². The van der Waals surface area contributed by atoms with Gasteiger partial charge in [0.25, 0.3) is 0 Å². The molecule has 1 atom stereocenters. The highest BCUT2D eigenvalue weighted by Crippen LogP contribution is 2.35. The van der Waals surface area contributed by atoms with Gasteiger partial charge < -0.3 is 5.11 Å². The van der Waals surface area contributed by atoms with Crippen molar-refractivity contribution in [3.63, 3.8) is 0 Å². The molecule has 1 N–H and O–H groups in total. The van der Waals surface area contributed by atoms with Gasteiger partial charge in [0.15, 0.2) is 0 Å². The van der Waals surface area contributed by atoms with Crippen LogP contribution in [-0.4, -0.2) is 5.11 Å². The molecule has 1 aliphatic carbocycles. The number of aliphatic hydroxyl groups is 1. The summed E-state index contributed by atoms with van der Waals surface area (Å²) in [5.41, 5.74) is 2.02. The Kier molecular flexibility index (Phi) is 3.70. The van der Waals surface area contributed by atoms with Gasteiger partial charge in [0.2, 0.25) is 0 Å². The van der Waals surface area contributed by atoms with Crippen LogP contribution in [0.2, 0.25) is 0 Å². The molecule has 1 aromatic carbocycles. The molecule has 1 unspecified atom stereocenters. The summed E-state index contributed by atoms with van der Waals surface area (Å²) >= 11 is 12.0. The minimum Gasteiger partial charge on any atom is -0.392 e. The maximum atomic E-state index is 9.28. The number of benzene rings is 1. The van der Waals surface area contributed by atoms with E-state index in [9.17, 15) is 5.11 Å². The molecule has 1 aliphatic rings. The SMILES string of the molecule is OCc1ccccc1C1C=C(Cl)C=C(Cl)C1. The molecule has 0 radical (unpaired) electrons. The van der Waals surface area contributed by atoms with Gasteiger partial charge in [0.1, 0.15) is 0 Å². The predicted molar refractivity (Wildman–Crippen MR) is 67.6 cm³/mol. The van der Waals surface area contributed by atoms with E-state index < -0.39 is 0 Å². The number of hydrogen-bond donors (Lipinski definition) is 1. The van der Waals surface area contributed by atoms with Crippen LogP contribution < -0.4 is 0 Å². The normalized spacial score (nSPS) is 20.3. The lowest BCUT2D eigenvalue weighted by Gasteiger charge is -2.19. The second-order valence-electron chi connectivity index (χ2n) is 3.81. The van der Waals surface area contributed by atoms with E-state index in [-0.39, 0.29) is 12.5 Å².